The highest BCUT2D eigenvalue weighted by Gasteiger charge is 2.16. The van der Waals surface area contributed by atoms with Gasteiger partial charge >= 0.3 is 5.97 Å². The molecule has 0 saturated carbocycles. The fourth-order valence-corrected chi connectivity index (χ4v) is 1.69. The van der Waals surface area contributed by atoms with Gasteiger partial charge in [-0.3, -0.25) is 4.79 Å². The fraction of sp³-hybridized carbons (Fsp3) is 0.471. The molecule has 2 atom stereocenters. The maximum absolute atomic E-state index is 11.8. The lowest BCUT2D eigenvalue weighted by Gasteiger charge is -2.16. The van der Waals surface area contributed by atoms with Crippen LogP contribution in [0.3, 0.4) is 0 Å². The molecule has 0 heterocycles. The maximum Gasteiger partial charge on any atom is 0.309 e. The van der Waals surface area contributed by atoms with Crippen LogP contribution in [0.15, 0.2) is 36.4 Å². The van der Waals surface area contributed by atoms with E-state index in [0.29, 0.717) is 0 Å². The largest absolute Gasteiger partial charge is 0.458 e. The van der Waals surface area contributed by atoms with Crippen LogP contribution in [-0.4, -0.2) is 12.1 Å². The van der Waals surface area contributed by atoms with Crippen LogP contribution in [0.25, 0.3) is 6.08 Å². The SMILES string of the molecule is CCCC(/C=C/c1ccccc1)OC(=O)C(C)CC. The quantitative estimate of drug-likeness (QED) is 0.677. The number of hydrogen-bond donors (Lipinski definition) is 0. The fourth-order valence-electron chi connectivity index (χ4n) is 1.69. The smallest absolute Gasteiger partial charge is 0.309 e. The first-order chi connectivity index (χ1) is 9.17. The van der Waals surface area contributed by atoms with Gasteiger partial charge in [-0.1, -0.05) is 63.6 Å². The molecule has 0 aliphatic rings. The number of hydrogen-bond acceptors (Lipinski definition) is 2. The van der Waals surface area contributed by atoms with E-state index in [2.05, 4.69) is 6.92 Å². The van der Waals surface area contributed by atoms with Crippen LogP contribution in [-0.2, 0) is 9.53 Å². The molecule has 2 heteroatoms. The summed E-state index contributed by atoms with van der Waals surface area (Å²) in [6, 6.07) is 10.1. The predicted molar refractivity (Wildman–Crippen MR) is 79.7 cm³/mol. The molecule has 0 amide bonds. The lowest BCUT2D eigenvalue weighted by Crippen LogP contribution is -2.21. The van der Waals surface area contributed by atoms with Gasteiger partial charge in [0.15, 0.2) is 0 Å². The monoisotopic (exact) mass is 260 g/mol. The average Bonchev–Trinajstić information content (AvgIpc) is 2.45. The van der Waals surface area contributed by atoms with Crippen LogP contribution in [0.4, 0.5) is 0 Å². The van der Waals surface area contributed by atoms with Crippen molar-refractivity contribution in [2.45, 2.75) is 46.1 Å². The summed E-state index contributed by atoms with van der Waals surface area (Å²) in [4.78, 5) is 11.8. The zero-order valence-corrected chi connectivity index (χ0v) is 12.1. The Morgan fingerprint density at radius 1 is 1.26 bits per heavy atom. The second-order valence-electron chi connectivity index (χ2n) is 4.84. The Kier molecular flexibility index (Phi) is 6.94. The van der Waals surface area contributed by atoms with Crippen LogP contribution in [0.5, 0.6) is 0 Å². The van der Waals surface area contributed by atoms with Crippen molar-refractivity contribution in [1.29, 1.82) is 0 Å². The molecule has 104 valence electrons. The van der Waals surface area contributed by atoms with Gasteiger partial charge in [-0.05, 0) is 24.5 Å². The molecule has 0 aliphatic heterocycles. The van der Waals surface area contributed by atoms with E-state index in [9.17, 15) is 4.79 Å². The first-order valence-electron chi connectivity index (χ1n) is 7.11. The molecule has 0 fully saturated rings. The van der Waals surface area contributed by atoms with Crippen LogP contribution < -0.4 is 0 Å². The first-order valence-corrected chi connectivity index (χ1v) is 7.11. The minimum absolute atomic E-state index is 0.0236. The summed E-state index contributed by atoms with van der Waals surface area (Å²) in [6.07, 6.45) is 6.57. The molecule has 0 bridgehead atoms. The third-order valence-electron chi connectivity index (χ3n) is 3.16. The van der Waals surface area contributed by atoms with Crippen LogP contribution >= 0.6 is 0 Å². The summed E-state index contributed by atoms with van der Waals surface area (Å²) >= 11 is 0. The van der Waals surface area contributed by atoms with Gasteiger partial charge in [0.2, 0.25) is 0 Å². The van der Waals surface area contributed by atoms with E-state index in [1.165, 1.54) is 0 Å². The van der Waals surface area contributed by atoms with E-state index in [1.54, 1.807) is 0 Å². The summed E-state index contributed by atoms with van der Waals surface area (Å²) in [5.74, 6) is -0.122. The Morgan fingerprint density at radius 2 is 1.95 bits per heavy atom. The number of rotatable bonds is 7. The summed E-state index contributed by atoms with van der Waals surface area (Å²) in [5.41, 5.74) is 1.13. The van der Waals surface area contributed by atoms with Crippen molar-refractivity contribution >= 4 is 12.0 Å². The van der Waals surface area contributed by atoms with Gasteiger partial charge in [-0.15, -0.1) is 0 Å². The molecule has 1 aromatic rings. The second-order valence-corrected chi connectivity index (χ2v) is 4.84. The summed E-state index contributed by atoms with van der Waals surface area (Å²) in [7, 11) is 0. The Hall–Kier alpha value is -1.57. The molecule has 0 radical (unpaired) electrons. The molecule has 0 aliphatic carbocycles. The van der Waals surface area contributed by atoms with E-state index in [1.807, 2.05) is 56.3 Å². The first kappa shape index (κ1) is 15.5. The van der Waals surface area contributed by atoms with Gasteiger partial charge in [0, 0.05) is 0 Å². The molecule has 2 nitrogen and oxygen atoms in total. The Morgan fingerprint density at radius 3 is 2.53 bits per heavy atom. The van der Waals surface area contributed by atoms with Crippen LogP contribution in [0.2, 0.25) is 0 Å². The van der Waals surface area contributed by atoms with Crippen molar-refractivity contribution in [3.05, 3.63) is 42.0 Å². The number of ether oxygens (including phenoxy) is 1. The van der Waals surface area contributed by atoms with E-state index in [0.717, 1.165) is 24.8 Å². The lowest BCUT2D eigenvalue weighted by molar-refractivity contribution is -0.151. The molecule has 0 N–H and O–H groups in total. The van der Waals surface area contributed by atoms with Gasteiger partial charge in [0.25, 0.3) is 0 Å². The average molecular weight is 260 g/mol. The van der Waals surface area contributed by atoms with Gasteiger partial charge < -0.3 is 4.74 Å². The summed E-state index contributed by atoms with van der Waals surface area (Å²) in [6.45, 7) is 6.01. The van der Waals surface area contributed by atoms with Crippen LogP contribution in [0.1, 0.15) is 45.6 Å². The topological polar surface area (TPSA) is 26.3 Å². The highest BCUT2D eigenvalue weighted by Crippen LogP contribution is 2.12. The molecule has 1 rings (SSSR count). The lowest BCUT2D eigenvalue weighted by atomic mass is 10.1. The summed E-state index contributed by atoms with van der Waals surface area (Å²) in [5, 5.41) is 0. The second kappa shape index (κ2) is 8.52. The molecular weight excluding hydrogens is 236 g/mol. The molecule has 2 unspecified atom stereocenters. The van der Waals surface area contributed by atoms with E-state index >= 15 is 0 Å². The Balaban J connectivity index is 2.62. The third-order valence-corrected chi connectivity index (χ3v) is 3.16. The van der Waals surface area contributed by atoms with Gasteiger partial charge in [0.1, 0.15) is 6.10 Å². The molecular formula is C17H24O2. The zero-order chi connectivity index (χ0) is 14.1. The third kappa shape index (κ3) is 5.73. The van der Waals surface area contributed by atoms with Crippen molar-refractivity contribution in [2.75, 3.05) is 0 Å². The molecule has 0 saturated heterocycles. The normalized spacial score (nSPS) is 14.3. The molecule has 0 spiro atoms. The van der Waals surface area contributed by atoms with E-state index in [-0.39, 0.29) is 18.0 Å². The van der Waals surface area contributed by atoms with E-state index in [4.69, 9.17) is 4.74 Å². The molecule has 19 heavy (non-hydrogen) atoms. The number of carbonyl (C=O) groups is 1. The number of carbonyl (C=O) groups excluding carboxylic acids is 1. The van der Waals surface area contributed by atoms with Gasteiger partial charge in [-0.2, -0.15) is 0 Å². The maximum atomic E-state index is 11.8. The minimum atomic E-state index is -0.119. The molecule has 0 aromatic heterocycles. The van der Waals surface area contributed by atoms with Crippen molar-refractivity contribution in [3.63, 3.8) is 0 Å². The standard InChI is InChI=1S/C17H24O2/c1-4-9-16(19-17(18)14(3)5-2)13-12-15-10-7-6-8-11-15/h6-8,10-14,16H,4-5,9H2,1-3H3/b13-12+. The van der Waals surface area contributed by atoms with Gasteiger partial charge in [-0.25, -0.2) is 0 Å². The Labute approximate surface area is 116 Å². The predicted octanol–water partition coefficient (Wildman–Crippen LogP) is 4.46. The highest BCUT2D eigenvalue weighted by atomic mass is 16.5. The highest BCUT2D eigenvalue weighted by molar-refractivity contribution is 5.72. The number of esters is 1. The Bertz CT molecular complexity index is 395. The van der Waals surface area contributed by atoms with Crippen LogP contribution in [0, 0.1) is 5.92 Å². The minimum Gasteiger partial charge on any atom is -0.458 e. The van der Waals surface area contributed by atoms with Crippen molar-refractivity contribution in [1.82, 2.24) is 0 Å². The van der Waals surface area contributed by atoms with Crippen molar-refractivity contribution in [2.24, 2.45) is 5.92 Å². The zero-order valence-electron chi connectivity index (χ0n) is 12.1. The van der Waals surface area contributed by atoms with Crippen molar-refractivity contribution < 1.29 is 9.53 Å². The summed E-state index contributed by atoms with van der Waals surface area (Å²) < 4.78 is 5.54. The molecule has 1 aromatic carbocycles. The van der Waals surface area contributed by atoms with Crippen molar-refractivity contribution in [3.8, 4) is 0 Å². The number of benzene rings is 1. The van der Waals surface area contributed by atoms with Gasteiger partial charge in [0.05, 0.1) is 5.92 Å². The van der Waals surface area contributed by atoms with E-state index < -0.39 is 0 Å².